The number of hydrazine groups is 1. The summed E-state index contributed by atoms with van der Waals surface area (Å²) in [7, 11) is 3.32. The van der Waals surface area contributed by atoms with Gasteiger partial charge in [0.05, 0.1) is 6.61 Å². The van der Waals surface area contributed by atoms with Crippen LogP contribution in [0.15, 0.2) is 6.07 Å². The van der Waals surface area contributed by atoms with E-state index in [0.717, 1.165) is 12.4 Å². The molecule has 0 unspecified atom stereocenters. The molecule has 3 N–H and O–H groups in total. The number of nitrogens with one attached hydrogen (secondary N) is 1. The zero-order valence-corrected chi connectivity index (χ0v) is 11.4. The predicted molar refractivity (Wildman–Crippen MR) is 72.8 cm³/mol. The molecule has 0 radical (unpaired) electrons. The summed E-state index contributed by atoms with van der Waals surface area (Å²) in [6, 6.07) is 2.40. The molecular formula is C12H21N5O2. The van der Waals surface area contributed by atoms with Crippen LogP contribution in [-0.4, -0.2) is 43.4 Å². The molecule has 19 heavy (non-hydrogen) atoms. The van der Waals surface area contributed by atoms with Gasteiger partial charge in [0.1, 0.15) is 18.2 Å². The van der Waals surface area contributed by atoms with E-state index in [2.05, 4.69) is 20.3 Å². The highest BCUT2D eigenvalue weighted by atomic mass is 16.5. The molecule has 0 amide bonds. The maximum atomic E-state index is 5.45. The summed E-state index contributed by atoms with van der Waals surface area (Å²) >= 11 is 0. The van der Waals surface area contributed by atoms with E-state index >= 15 is 0 Å². The van der Waals surface area contributed by atoms with Crippen LogP contribution in [0, 0.1) is 0 Å². The first kappa shape index (κ1) is 14.0. The quantitative estimate of drug-likeness (QED) is 0.524. The first-order chi connectivity index (χ1) is 9.28. The topological polar surface area (TPSA) is 85.5 Å². The number of hydrogen-bond acceptors (Lipinski definition) is 7. The highest BCUT2D eigenvalue weighted by Crippen LogP contribution is 2.31. The van der Waals surface area contributed by atoms with Crippen molar-refractivity contribution >= 4 is 11.6 Å². The summed E-state index contributed by atoms with van der Waals surface area (Å²) in [4.78, 5) is 11.0. The Morgan fingerprint density at radius 3 is 2.74 bits per heavy atom. The van der Waals surface area contributed by atoms with Crippen LogP contribution < -0.4 is 16.2 Å². The van der Waals surface area contributed by atoms with Crippen molar-refractivity contribution in [2.24, 2.45) is 5.84 Å². The van der Waals surface area contributed by atoms with Gasteiger partial charge in [-0.3, -0.25) is 0 Å². The van der Waals surface area contributed by atoms with Gasteiger partial charge in [0.15, 0.2) is 5.82 Å². The number of nitrogens with zero attached hydrogens (tertiary/aromatic N) is 3. The van der Waals surface area contributed by atoms with Crippen LogP contribution in [0.2, 0.25) is 0 Å². The van der Waals surface area contributed by atoms with Crippen molar-refractivity contribution in [3.63, 3.8) is 0 Å². The maximum absolute atomic E-state index is 5.45. The zero-order chi connectivity index (χ0) is 13.7. The molecule has 7 heteroatoms. The van der Waals surface area contributed by atoms with Crippen LogP contribution in [0.1, 0.15) is 18.7 Å². The number of anilines is 2. The molecule has 0 aliphatic heterocycles. The Bertz CT molecular complexity index is 411. The highest BCUT2D eigenvalue weighted by Gasteiger charge is 2.30. The second-order valence-corrected chi connectivity index (χ2v) is 4.52. The second kappa shape index (κ2) is 6.65. The standard InChI is InChI=1S/C12H21N5O2/c1-18-6-5-17(9-3-4-9)12-7-10(16-13)14-11(15-12)8-19-2/h7,9H,3-6,8,13H2,1-2H3,(H,14,15,16). The van der Waals surface area contributed by atoms with Crippen LogP contribution in [0.3, 0.4) is 0 Å². The van der Waals surface area contributed by atoms with Crippen LogP contribution in [0.25, 0.3) is 0 Å². The number of rotatable bonds is 8. The SMILES string of the molecule is COCCN(c1cc(NN)nc(COC)n1)C1CC1. The van der Waals surface area contributed by atoms with Crippen LogP contribution >= 0.6 is 0 Å². The van der Waals surface area contributed by atoms with Gasteiger partial charge < -0.3 is 19.8 Å². The molecule has 7 nitrogen and oxygen atoms in total. The fourth-order valence-corrected chi connectivity index (χ4v) is 1.96. The van der Waals surface area contributed by atoms with Crippen molar-refractivity contribution in [1.29, 1.82) is 0 Å². The molecule has 1 aromatic rings. The lowest BCUT2D eigenvalue weighted by atomic mass is 10.4. The Morgan fingerprint density at radius 1 is 1.37 bits per heavy atom. The van der Waals surface area contributed by atoms with Gasteiger partial charge in [0.25, 0.3) is 0 Å². The minimum atomic E-state index is 0.366. The molecule has 1 saturated carbocycles. The maximum Gasteiger partial charge on any atom is 0.158 e. The van der Waals surface area contributed by atoms with Gasteiger partial charge >= 0.3 is 0 Å². The first-order valence-corrected chi connectivity index (χ1v) is 6.37. The smallest absolute Gasteiger partial charge is 0.158 e. The zero-order valence-electron chi connectivity index (χ0n) is 11.4. The summed E-state index contributed by atoms with van der Waals surface area (Å²) in [5.74, 6) is 7.54. The Labute approximate surface area is 113 Å². The first-order valence-electron chi connectivity index (χ1n) is 6.37. The highest BCUT2D eigenvalue weighted by molar-refractivity contribution is 5.50. The van der Waals surface area contributed by atoms with Crippen molar-refractivity contribution in [3.05, 3.63) is 11.9 Å². The van der Waals surface area contributed by atoms with Gasteiger partial charge in [-0.1, -0.05) is 0 Å². The number of nitrogen functional groups attached to an aromatic ring is 1. The monoisotopic (exact) mass is 267 g/mol. The average molecular weight is 267 g/mol. The molecular weight excluding hydrogens is 246 g/mol. The molecule has 0 saturated heterocycles. The molecule has 0 atom stereocenters. The van der Waals surface area contributed by atoms with E-state index in [0.29, 0.717) is 30.9 Å². The van der Waals surface area contributed by atoms with Gasteiger partial charge in [-0.05, 0) is 12.8 Å². The van der Waals surface area contributed by atoms with Gasteiger partial charge in [0.2, 0.25) is 0 Å². The normalized spacial score (nSPS) is 14.5. The van der Waals surface area contributed by atoms with E-state index < -0.39 is 0 Å². The van der Waals surface area contributed by atoms with Crippen molar-refractivity contribution < 1.29 is 9.47 Å². The summed E-state index contributed by atoms with van der Waals surface area (Å²) in [5.41, 5.74) is 2.57. The van der Waals surface area contributed by atoms with E-state index in [1.54, 1.807) is 14.2 Å². The Balaban J connectivity index is 2.21. The molecule has 0 bridgehead atoms. The Morgan fingerprint density at radius 2 is 2.16 bits per heavy atom. The van der Waals surface area contributed by atoms with Crippen molar-refractivity contribution in [2.75, 3.05) is 37.7 Å². The number of ether oxygens (including phenoxy) is 2. The molecule has 1 aliphatic carbocycles. The largest absolute Gasteiger partial charge is 0.383 e. The molecule has 1 heterocycles. The minimum absolute atomic E-state index is 0.366. The minimum Gasteiger partial charge on any atom is -0.383 e. The fourth-order valence-electron chi connectivity index (χ4n) is 1.96. The molecule has 1 aliphatic rings. The van der Waals surface area contributed by atoms with Gasteiger partial charge in [0, 0.05) is 32.9 Å². The number of aromatic nitrogens is 2. The lowest BCUT2D eigenvalue weighted by molar-refractivity contribution is 0.178. The van der Waals surface area contributed by atoms with Gasteiger partial charge in [-0.15, -0.1) is 0 Å². The second-order valence-electron chi connectivity index (χ2n) is 4.52. The third-order valence-electron chi connectivity index (χ3n) is 3.00. The molecule has 0 aromatic carbocycles. The molecule has 2 rings (SSSR count). The fraction of sp³-hybridized carbons (Fsp3) is 0.667. The lowest BCUT2D eigenvalue weighted by Crippen LogP contribution is -2.31. The number of methoxy groups -OCH3 is 2. The van der Waals surface area contributed by atoms with Crippen molar-refractivity contribution in [3.8, 4) is 0 Å². The summed E-state index contributed by atoms with van der Waals surface area (Å²) in [6.07, 6.45) is 2.39. The van der Waals surface area contributed by atoms with Crippen LogP contribution in [0.5, 0.6) is 0 Å². The average Bonchev–Trinajstić information content (AvgIpc) is 3.24. The predicted octanol–water partition coefficient (Wildman–Crippen LogP) is 0.524. The lowest BCUT2D eigenvalue weighted by Gasteiger charge is -2.24. The van der Waals surface area contributed by atoms with Crippen LogP contribution in [-0.2, 0) is 16.1 Å². The van der Waals surface area contributed by atoms with Crippen LogP contribution in [0.4, 0.5) is 11.6 Å². The van der Waals surface area contributed by atoms with Gasteiger partial charge in [-0.25, -0.2) is 15.8 Å². The number of nitrogens with two attached hydrogens (primary N) is 1. The van der Waals surface area contributed by atoms with E-state index in [1.807, 2.05) is 6.07 Å². The molecule has 106 valence electrons. The third-order valence-corrected chi connectivity index (χ3v) is 3.00. The Hall–Kier alpha value is -1.44. The Kier molecular flexibility index (Phi) is 4.89. The van der Waals surface area contributed by atoms with Crippen molar-refractivity contribution in [1.82, 2.24) is 9.97 Å². The summed E-state index contributed by atoms with van der Waals surface area (Å²) < 4.78 is 10.2. The van der Waals surface area contributed by atoms with E-state index in [-0.39, 0.29) is 0 Å². The molecule has 1 aromatic heterocycles. The van der Waals surface area contributed by atoms with E-state index in [1.165, 1.54) is 12.8 Å². The number of hydrogen-bond donors (Lipinski definition) is 2. The molecule has 0 spiro atoms. The van der Waals surface area contributed by atoms with Gasteiger partial charge in [-0.2, -0.15) is 0 Å². The van der Waals surface area contributed by atoms with E-state index in [9.17, 15) is 0 Å². The van der Waals surface area contributed by atoms with E-state index in [4.69, 9.17) is 15.3 Å². The summed E-state index contributed by atoms with van der Waals surface area (Å²) in [5, 5.41) is 0. The molecule has 1 fully saturated rings. The van der Waals surface area contributed by atoms with Crippen molar-refractivity contribution in [2.45, 2.75) is 25.5 Å². The third kappa shape index (κ3) is 3.76. The summed E-state index contributed by atoms with van der Waals surface area (Å²) in [6.45, 7) is 1.85.